The van der Waals surface area contributed by atoms with E-state index in [0.29, 0.717) is 0 Å². The Hall–Kier alpha value is -1.53. The average Bonchev–Trinajstić information content (AvgIpc) is 3.13. The highest BCUT2D eigenvalue weighted by Gasteiger charge is 2.21. The summed E-state index contributed by atoms with van der Waals surface area (Å²) in [4.78, 5) is 16.3. The molecule has 0 unspecified atom stereocenters. The van der Waals surface area contributed by atoms with Gasteiger partial charge in [0.05, 0.1) is 10.9 Å². The van der Waals surface area contributed by atoms with Crippen LogP contribution in [-0.2, 0) is 12.8 Å². The van der Waals surface area contributed by atoms with Crippen molar-refractivity contribution in [1.82, 2.24) is 15.0 Å². The molecule has 0 atom stereocenters. The van der Waals surface area contributed by atoms with Crippen LogP contribution in [0, 0.1) is 0 Å². The Morgan fingerprint density at radius 1 is 1.20 bits per heavy atom. The van der Waals surface area contributed by atoms with Crippen molar-refractivity contribution in [1.29, 1.82) is 0 Å². The van der Waals surface area contributed by atoms with Crippen LogP contribution in [0.5, 0.6) is 0 Å². The van der Waals surface area contributed by atoms with Crippen LogP contribution < -0.4 is 5.32 Å². The van der Waals surface area contributed by atoms with Crippen LogP contribution >= 0.6 is 22.7 Å². The lowest BCUT2D eigenvalue weighted by Crippen LogP contribution is -2.02. The number of thiophene rings is 1. The maximum absolute atomic E-state index is 4.74. The Morgan fingerprint density at radius 3 is 2.90 bits per heavy atom. The summed E-state index contributed by atoms with van der Waals surface area (Å²) in [5.41, 5.74) is 4.15. The molecule has 1 aliphatic rings. The molecule has 4 rings (SSSR count). The second-order valence-electron chi connectivity index (χ2n) is 4.91. The average molecular weight is 302 g/mol. The number of nitrogens with one attached hydrogen (secondary N) is 1. The van der Waals surface area contributed by atoms with Gasteiger partial charge >= 0.3 is 0 Å². The molecule has 0 amide bonds. The molecule has 3 aromatic heterocycles. The van der Waals surface area contributed by atoms with Crippen LogP contribution in [0.4, 0.5) is 5.82 Å². The molecule has 0 saturated carbocycles. The van der Waals surface area contributed by atoms with Crippen molar-refractivity contribution in [2.45, 2.75) is 25.7 Å². The van der Waals surface area contributed by atoms with Crippen molar-refractivity contribution >= 4 is 38.7 Å². The van der Waals surface area contributed by atoms with Crippen molar-refractivity contribution in [3.8, 4) is 11.5 Å². The van der Waals surface area contributed by atoms with Gasteiger partial charge in [-0.1, -0.05) is 0 Å². The molecule has 0 saturated heterocycles. The molecule has 3 aromatic rings. The maximum Gasteiger partial charge on any atom is 0.182 e. The summed E-state index contributed by atoms with van der Waals surface area (Å²) in [6, 6.07) is 0. The third-order valence-electron chi connectivity index (χ3n) is 3.71. The molecule has 20 heavy (non-hydrogen) atoms. The highest BCUT2D eigenvalue weighted by Crippen LogP contribution is 2.39. The van der Waals surface area contributed by atoms with Crippen LogP contribution in [0.3, 0.4) is 0 Å². The molecule has 3 heterocycles. The summed E-state index contributed by atoms with van der Waals surface area (Å²) in [5, 5.41) is 6.46. The van der Waals surface area contributed by atoms with Gasteiger partial charge in [0, 0.05) is 17.3 Å². The quantitative estimate of drug-likeness (QED) is 0.783. The topological polar surface area (TPSA) is 50.7 Å². The number of hydrogen-bond donors (Lipinski definition) is 1. The second-order valence-corrected chi connectivity index (χ2v) is 6.71. The van der Waals surface area contributed by atoms with Gasteiger partial charge in [-0.2, -0.15) is 0 Å². The zero-order valence-corrected chi connectivity index (χ0v) is 12.8. The molecule has 1 N–H and O–H groups in total. The maximum atomic E-state index is 4.74. The molecule has 0 bridgehead atoms. The van der Waals surface area contributed by atoms with Crippen LogP contribution in [0.25, 0.3) is 21.7 Å². The van der Waals surface area contributed by atoms with E-state index in [1.807, 2.05) is 29.3 Å². The lowest BCUT2D eigenvalue weighted by Gasteiger charge is -2.11. The number of anilines is 1. The highest BCUT2D eigenvalue weighted by atomic mass is 32.1. The number of fused-ring (bicyclic) bond motifs is 3. The zero-order chi connectivity index (χ0) is 13.5. The summed E-state index contributed by atoms with van der Waals surface area (Å²) in [5.74, 6) is 1.67. The Kier molecular flexibility index (Phi) is 2.93. The number of hydrogen-bond acceptors (Lipinski definition) is 6. The summed E-state index contributed by atoms with van der Waals surface area (Å²) in [7, 11) is 1.93. The van der Waals surface area contributed by atoms with Crippen LogP contribution in [-0.4, -0.2) is 22.0 Å². The molecular weight excluding hydrogens is 288 g/mol. The van der Waals surface area contributed by atoms with Crippen LogP contribution in [0.1, 0.15) is 23.3 Å². The number of nitrogens with zero attached hydrogens (tertiary/aromatic N) is 3. The van der Waals surface area contributed by atoms with E-state index >= 15 is 0 Å². The van der Waals surface area contributed by atoms with Crippen molar-refractivity contribution in [2.75, 3.05) is 12.4 Å². The molecule has 0 fully saturated rings. The van der Waals surface area contributed by atoms with E-state index in [1.54, 1.807) is 11.3 Å². The van der Waals surface area contributed by atoms with Gasteiger partial charge in [0.2, 0.25) is 0 Å². The van der Waals surface area contributed by atoms with E-state index in [9.17, 15) is 0 Å². The van der Waals surface area contributed by atoms with Crippen LogP contribution in [0.15, 0.2) is 10.9 Å². The third-order valence-corrected chi connectivity index (χ3v) is 5.49. The first-order valence-corrected chi connectivity index (χ1v) is 8.51. The number of rotatable bonds is 2. The minimum atomic E-state index is 0.724. The molecule has 0 aliphatic heterocycles. The van der Waals surface area contributed by atoms with Crippen molar-refractivity contribution in [2.24, 2.45) is 0 Å². The van der Waals surface area contributed by atoms with E-state index in [0.717, 1.165) is 28.6 Å². The zero-order valence-electron chi connectivity index (χ0n) is 11.1. The third kappa shape index (κ3) is 1.83. The molecule has 4 nitrogen and oxygen atoms in total. The molecular formula is C14H14N4S2. The first-order chi connectivity index (χ1) is 9.86. The van der Waals surface area contributed by atoms with Gasteiger partial charge in [0.15, 0.2) is 5.82 Å². The fourth-order valence-electron chi connectivity index (χ4n) is 2.78. The molecule has 102 valence electrons. The number of thiazole rings is 1. The summed E-state index contributed by atoms with van der Waals surface area (Å²) >= 11 is 3.40. The summed E-state index contributed by atoms with van der Waals surface area (Å²) < 4.78 is 0. The number of aryl methyl sites for hydroxylation is 2. The SMILES string of the molecule is CNc1nc(-c2cscn2)nc2sc3c(c12)CCCC3. The predicted octanol–water partition coefficient (Wildman–Crippen LogP) is 3.74. The molecule has 6 heteroatoms. The lowest BCUT2D eigenvalue weighted by molar-refractivity contribution is 0.700. The predicted molar refractivity (Wildman–Crippen MR) is 84.7 cm³/mol. The minimum Gasteiger partial charge on any atom is -0.372 e. The summed E-state index contributed by atoms with van der Waals surface area (Å²) in [6.45, 7) is 0. The lowest BCUT2D eigenvalue weighted by atomic mass is 9.97. The minimum absolute atomic E-state index is 0.724. The monoisotopic (exact) mass is 302 g/mol. The van der Waals surface area contributed by atoms with E-state index in [-0.39, 0.29) is 0 Å². The fraction of sp³-hybridized carbons (Fsp3) is 0.357. The Morgan fingerprint density at radius 2 is 2.10 bits per heavy atom. The summed E-state index contributed by atoms with van der Waals surface area (Å²) in [6.07, 6.45) is 4.91. The fourth-order valence-corrected chi connectivity index (χ4v) is 4.57. The van der Waals surface area contributed by atoms with Crippen molar-refractivity contribution in [3.05, 3.63) is 21.3 Å². The molecule has 0 spiro atoms. The van der Waals surface area contributed by atoms with Gasteiger partial charge < -0.3 is 5.32 Å². The van der Waals surface area contributed by atoms with E-state index in [2.05, 4.69) is 15.3 Å². The van der Waals surface area contributed by atoms with Crippen LogP contribution in [0.2, 0.25) is 0 Å². The first-order valence-electron chi connectivity index (χ1n) is 6.75. The van der Waals surface area contributed by atoms with E-state index in [4.69, 9.17) is 4.98 Å². The standard InChI is InChI=1S/C14H14N4S2/c1-15-13-11-8-4-2-3-5-10(8)20-14(11)18-12(17-13)9-6-19-7-16-9/h6-7H,2-5H2,1H3,(H,15,17,18). The van der Waals surface area contributed by atoms with Gasteiger partial charge in [0.25, 0.3) is 0 Å². The van der Waals surface area contributed by atoms with Gasteiger partial charge in [-0.05, 0) is 31.2 Å². The molecule has 0 radical (unpaired) electrons. The van der Waals surface area contributed by atoms with Gasteiger partial charge in [-0.3, -0.25) is 0 Å². The highest BCUT2D eigenvalue weighted by molar-refractivity contribution is 7.19. The van der Waals surface area contributed by atoms with Crippen molar-refractivity contribution in [3.63, 3.8) is 0 Å². The second kappa shape index (κ2) is 4.79. The van der Waals surface area contributed by atoms with E-state index < -0.39 is 0 Å². The Bertz CT molecular complexity index is 761. The Labute approximate surface area is 124 Å². The largest absolute Gasteiger partial charge is 0.372 e. The van der Waals surface area contributed by atoms with Gasteiger partial charge in [0.1, 0.15) is 16.3 Å². The van der Waals surface area contributed by atoms with E-state index in [1.165, 1.54) is 35.1 Å². The molecule has 0 aromatic carbocycles. The van der Waals surface area contributed by atoms with Gasteiger partial charge in [-0.25, -0.2) is 15.0 Å². The number of aromatic nitrogens is 3. The van der Waals surface area contributed by atoms with Gasteiger partial charge in [-0.15, -0.1) is 22.7 Å². The Balaban J connectivity index is 1.99. The van der Waals surface area contributed by atoms with Crippen molar-refractivity contribution < 1.29 is 0 Å². The smallest absolute Gasteiger partial charge is 0.182 e. The first kappa shape index (κ1) is 12.2. The normalized spacial score (nSPS) is 14.4. The molecule has 1 aliphatic carbocycles.